The SMILES string of the molecule is COc1cc2ncnc(Nc3ccc(F)c(Cl)c3)c2cc1OCCOCCOCCOCCC(=O)Nc1cccc2c1CN(C1CCC(=O)NC1=O)C2=O. The molecule has 4 aromatic rings. The lowest BCUT2D eigenvalue weighted by Gasteiger charge is -2.29. The quantitative estimate of drug-likeness (QED) is 0.0963. The lowest BCUT2D eigenvalue weighted by atomic mass is 10.0. The molecule has 1 fully saturated rings. The average Bonchev–Trinajstić information content (AvgIpc) is 3.49. The molecule has 0 radical (unpaired) electrons. The summed E-state index contributed by atoms with van der Waals surface area (Å²) in [5.74, 6) is -0.536. The number of methoxy groups -OCH3 is 1. The van der Waals surface area contributed by atoms with E-state index in [1.165, 1.54) is 30.5 Å². The minimum Gasteiger partial charge on any atom is -0.493 e. The Bertz CT molecular complexity index is 2040. The lowest BCUT2D eigenvalue weighted by molar-refractivity contribution is -0.137. The molecule has 0 saturated carbocycles. The summed E-state index contributed by atoms with van der Waals surface area (Å²) in [6.07, 6.45) is 1.92. The Labute approximate surface area is 314 Å². The van der Waals surface area contributed by atoms with Gasteiger partial charge < -0.3 is 39.2 Å². The predicted octanol–water partition coefficient (Wildman–Crippen LogP) is 4.39. The minimum atomic E-state index is -0.735. The molecule has 3 aromatic carbocycles. The van der Waals surface area contributed by atoms with Gasteiger partial charge in [0.15, 0.2) is 11.5 Å². The maximum atomic E-state index is 13.6. The van der Waals surface area contributed by atoms with Gasteiger partial charge in [-0.1, -0.05) is 17.7 Å². The van der Waals surface area contributed by atoms with Crippen LogP contribution in [0, 0.1) is 5.82 Å². The van der Waals surface area contributed by atoms with E-state index in [0.717, 1.165) is 0 Å². The van der Waals surface area contributed by atoms with Crippen LogP contribution in [0.15, 0.2) is 54.9 Å². The van der Waals surface area contributed by atoms with Gasteiger partial charge in [0.2, 0.25) is 17.7 Å². The molecule has 284 valence electrons. The summed E-state index contributed by atoms with van der Waals surface area (Å²) in [6, 6.07) is 12.1. The number of benzene rings is 3. The highest BCUT2D eigenvalue weighted by Gasteiger charge is 2.40. The van der Waals surface area contributed by atoms with Gasteiger partial charge in [-0.2, -0.15) is 0 Å². The standard InChI is InChI=1S/C37H38ClFN6O9/c1-50-31-19-29-24(35(41-21-40-29)42-22-5-6-27(39)26(38)17-22)18-32(31)54-16-15-53-14-13-52-12-11-51-10-9-34(47)43-28-4-2-3-23-25(28)20-45(37(23)49)30-7-8-33(46)44-36(30)48/h2-6,17-19,21,30H,7-16,20H2,1H3,(H,43,47)(H,40,41,42)(H,44,46,48). The van der Waals surface area contributed by atoms with Gasteiger partial charge >= 0.3 is 0 Å². The van der Waals surface area contributed by atoms with E-state index < -0.39 is 17.8 Å². The first-order valence-electron chi connectivity index (χ1n) is 17.2. The van der Waals surface area contributed by atoms with Crippen LogP contribution in [0.4, 0.5) is 21.6 Å². The largest absolute Gasteiger partial charge is 0.493 e. The molecular weight excluding hydrogens is 727 g/mol. The molecule has 1 aromatic heterocycles. The molecule has 1 unspecified atom stereocenters. The number of fused-ring (bicyclic) bond motifs is 2. The van der Waals surface area contributed by atoms with E-state index in [4.69, 9.17) is 35.3 Å². The summed E-state index contributed by atoms with van der Waals surface area (Å²) >= 11 is 5.93. The number of nitrogens with zero attached hydrogens (tertiary/aromatic N) is 3. The van der Waals surface area contributed by atoms with Crippen LogP contribution in [0.3, 0.4) is 0 Å². The third kappa shape index (κ3) is 9.38. The molecule has 2 aliphatic heterocycles. The molecule has 2 aliphatic rings. The number of carbonyl (C=O) groups is 4. The van der Waals surface area contributed by atoms with Crippen molar-refractivity contribution in [3.63, 3.8) is 0 Å². The second kappa shape index (κ2) is 18.1. The van der Waals surface area contributed by atoms with Gasteiger partial charge in [0.05, 0.1) is 63.7 Å². The van der Waals surface area contributed by atoms with E-state index in [2.05, 4.69) is 25.9 Å². The highest BCUT2D eigenvalue weighted by molar-refractivity contribution is 6.31. The number of piperidine rings is 1. The Balaban J connectivity index is 0.852. The first-order valence-corrected chi connectivity index (χ1v) is 17.6. The number of aromatic nitrogens is 2. The van der Waals surface area contributed by atoms with Gasteiger partial charge in [0.1, 0.15) is 30.6 Å². The van der Waals surface area contributed by atoms with Crippen LogP contribution in [0.2, 0.25) is 5.02 Å². The minimum absolute atomic E-state index is 0.0153. The van der Waals surface area contributed by atoms with Gasteiger partial charge in [-0.05, 0) is 42.8 Å². The second-order valence-corrected chi connectivity index (χ2v) is 12.6. The number of ether oxygens (including phenoxy) is 5. The summed E-state index contributed by atoms with van der Waals surface area (Å²) in [5.41, 5.74) is 2.71. The Hall–Kier alpha value is -5.42. The Morgan fingerprint density at radius 3 is 2.46 bits per heavy atom. The number of anilines is 3. The van der Waals surface area contributed by atoms with Gasteiger partial charge in [0.25, 0.3) is 5.91 Å². The van der Waals surface area contributed by atoms with Gasteiger partial charge in [0, 0.05) is 46.9 Å². The fraction of sp³-hybridized carbons (Fsp3) is 0.351. The summed E-state index contributed by atoms with van der Waals surface area (Å²) in [6.45, 7) is 2.09. The van der Waals surface area contributed by atoms with Crippen LogP contribution >= 0.6 is 11.6 Å². The fourth-order valence-corrected chi connectivity index (χ4v) is 6.16. The fourth-order valence-electron chi connectivity index (χ4n) is 5.98. The van der Waals surface area contributed by atoms with Crippen molar-refractivity contribution >= 4 is 63.3 Å². The van der Waals surface area contributed by atoms with Gasteiger partial charge in [-0.25, -0.2) is 14.4 Å². The molecule has 0 bridgehead atoms. The van der Waals surface area contributed by atoms with E-state index in [0.29, 0.717) is 70.5 Å². The van der Waals surface area contributed by atoms with Crippen molar-refractivity contribution in [2.45, 2.75) is 31.8 Å². The highest BCUT2D eigenvalue weighted by Crippen LogP contribution is 2.35. The number of amides is 4. The van der Waals surface area contributed by atoms with Crippen molar-refractivity contribution < 1.29 is 47.3 Å². The van der Waals surface area contributed by atoms with Crippen molar-refractivity contribution in [3.8, 4) is 11.5 Å². The molecule has 4 amide bonds. The Morgan fingerprint density at radius 1 is 0.963 bits per heavy atom. The summed E-state index contributed by atoms with van der Waals surface area (Å²) in [4.78, 5) is 59.6. The number of hydrogen-bond donors (Lipinski definition) is 3. The molecule has 0 spiro atoms. The lowest BCUT2D eigenvalue weighted by Crippen LogP contribution is -2.52. The monoisotopic (exact) mass is 764 g/mol. The van der Waals surface area contributed by atoms with Crippen molar-refractivity contribution in [3.05, 3.63) is 76.8 Å². The highest BCUT2D eigenvalue weighted by atomic mass is 35.5. The van der Waals surface area contributed by atoms with Crippen molar-refractivity contribution in [1.29, 1.82) is 0 Å². The maximum absolute atomic E-state index is 13.6. The molecule has 1 atom stereocenters. The number of rotatable bonds is 18. The van der Waals surface area contributed by atoms with Crippen LogP contribution in [0.1, 0.15) is 35.2 Å². The molecule has 3 heterocycles. The molecule has 6 rings (SSSR count). The molecular formula is C37H38ClFN6O9. The summed E-state index contributed by atoms with van der Waals surface area (Å²) in [5, 5.41) is 8.90. The maximum Gasteiger partial charge on any atom is 0.255 e. The van der Waals surface area contributed by atoms with Crippen molar-refractivity contribution in [1.82, 2.24) is 20.2 Å². The van der Waals surface area contributed by atoms with Crippen LogP contribution in [-0.2, 0) is 35.1 Å². The molecule has 3 N–H and O–H groups in total. The normalized spacial score (nSPS) is 15.3. The third-order valence-corrected chi connectivity index (χ3v) is 8.95. The number of carbonyl (C=O) groups excluding carboxylic acids is 4. The number of nitrogens with one attached hydrogen (secondary N) is 3. The zero-order valence-electron chi connectivity index (χ0n) is 29.3. The number of halogens is 2. The van der Waals surface area contributed by atoms with E-state index in [1.807, 2.05) is 0 Å². The summed E-state index contributed by atoms with van der Waals surface area (Å²) < 4.78 is 41.7. The molecule has 0 aliphatic carbocycles. The topological polar surface area (TPSA) is 180 Å². The van der Waals surface area contributed by atoms with Crippen molar-refractivity contribution in [2.24, 2.45) is 0 Å². The van der Waals surface area contributed by atoms with Crippen LogP contribution in [0.5, 0.6) is 11.5 Å². The number of imide groups is 1. The van der Waals surface area contributed by atoms with E-state index in [1.54, 1.807) is 36.4 Å². The Kier molecular flexibility index (Phi) is 12.8. The zero-order valence-corrected chi connectivity index (χ0v) is 30.1. The second-order valence-electron chi connectivity index (χ2n) is 12.2. The molecule has 17 heteroatoms. The first-order chi connectivity index (χ1) is 26.2. The number of hydrogen-bond acceptors (Lipinski definition) is 12. The van der Waals surface area contributed by atoms with E-state index in [9.17, 15) is 23.6 Å². The molecule has 1 saturated heterocycles. The first kappa shape index (κ1) is 38.3. The Morgan fingerprint density at radius 2 is 1.72 bits per heavy atom. The van der Waals surface area contributed by atoms with Gasteiger partial charge in [-0.3, -0.25) is 24.5 Å². The van der Waals surface area contributed by atoms with E-state index in [-0.39, 0.29) is 75.0 Å². The average molecular weight is 765 g/mol. The molecule has 15 nitrogen and oxygen atoms in total. The van der Waals surface area contributed by atoms with E-state index >= 15 is 0 Å². The van der Waals surface area contributed by atoms with Crippen LogP contribution in [0.25, 0.3) is 10.9 Å². The van der Waals surface area contributed by atoms with Crippen LogP contribution < -0.4 is 25.4 Å². The third-order valence-electron chi connectivity index (χ3n) is 8.66. The predicted molar refractivity (Wildman–Crippen MR) is 194 cm³/mol. The zero-order chi connectivity index (χ0) is 38.0. The van der Waals surface area contributed by atoms with Crippen LogP contribution in [-0.4, -0.2) is 97.9 Å². The van der Waals surface area contributed by atoms with Gasteiger partial charge in [-0.15, -0.1) is 0 Å². The summed E-state index contributed by atoms with van der Waals surface area (Å²) in [7, 11) is 1.53. The van der Waals surface area contributed by atoms with Crippen molar-refractivity contribution in [2.75, 3.05) is 64.0 Å². The smallest absolute Gasteiger partial charge is 0.255 e. The molecule has 54 heavy (non-hydrogen) atoms.